The number of hydrogen-bond acceptors (Lipinski definition) is 1. The van der Waals surface area contributed by atoms with Crippen LogP contribution in [0.2, 0.25) is 0 Å². The first kappa shape index (κ1) is 1.84. The molecule has 0 amide bonds. The van der Waals surface area contributed by atoms with Gasteiger partial charge in [0.2, 0.25) is 0 Å². The molecule has 0 aliphatic heterocycles. The Morgan fingerprint density at radius 2 is 2.88 bits per heavy atom. The van der Waals surface area contributed by atoms with Crippen molar-refractivity contribution in [2.24, 2.45) is 6.98 Å². The first-order valence-electron chi connectivity index (χ1n) is 4.88. The molecular formula is C5H7BrN2. The first-order chi connectivity index (χ1) is 6.12. The highest BCUT2D eigenvalue weighted by Gasteiger charge is 1.94. The van der Waals surface area contributed by atoms with Crippen LogP contribution in [0.25, 0.3) is 0 Å². The predicted octanol–water partition coefficient (Wildman–Crippen LogP) is 1.49. The molecule has 0 aliphatic rings. The molecule has 0 saturated heterocycles. The summed E-state index contributed by atoms with van der Waals surface area (Å²) < 4.78 is 43.1. The number of aromatic nitrogens is 2. The minimum absolute atomic E-state index is 0.175. The molecule has 0 saturated carbocycles. The van der Waals surface area contributed by atoms with Crippen LogP contribution in [0.5, 0.6) is 0 Å². The molecule has 0 N–H and O–H groups in total. The summed E-state index contributed by atoms with van der Waals surface area (Å²) in [5.74, 6) is 0. The van der Waals surface area contributed by atoms with Crippen LogP contribution in [0, 0.1) is 6.85 Å². The molecule has 1 heterocycles. The average molecular weight is 181 g/mol. The average Bonchev–Trinajstić information content (AvgIpc) is 2.27. The minimum atomic E-state index is -2.45. The van der Waals surface area contributed by atoms with Crippen LogP contribution in [0.4, 0.5) is 0 Å². The molecule has 2 nitrogen and oxygen atoms in total. The van der Waals surface area contributed by atoms with Gasteiger partial charge < -0.3 is 0 Å². The van der Waals surface area contributed by atoms with Gasteiger partial charge >= 0.3 is 0 Å². The zero-order valence-electron chi connectivity index (χ0n) is 9.85. The highest BCUT2D eigenvalue weighted by molar-refractivity contribution is 9.10. The van der Waals surface area contributed by atoms with Crippen LogP contribution in [-0.4, -0.2) is 9.78 Å². The second-order valence-corrected chi connectivity index (χ2v) is 2.12. The molecule has 0 spiro atoms. The van der Waals surface area contributed by atoms with Gasteiger partial charge in [0, 0.05) is 21.4 Å². The maximum Gasteiger partial charge on any atom is 0.0735 e. The highest BCUT2D eigenvalue weighted by Crippen LogP contribution is 2.11. The van der Waals surface area contributed by atoms with Crippen molar-refractivity contribution in [3.63, 3.8) is 0 Å². The zero-order valence-corrected chi connectivity index (χ0v) is 5.44. The van der Waals surface area contributed by atoms with E-state index in [0.29, 0.717) is 4.68 Å². The van der Waals surface area contributed by atoms with Crippen molar-refractivity contribution in [1.82, 2.24) is 9.78 Å². The van der Waals surface area contributed by atoms with E-state index in [1.54, 1.807) is 0 Å². The summed E-state index contributed by atoms with van der Waals surface area (Å²) in [6, 6.07) is 0. The molecule has 0 atom stereocenters. The normalized spacial score (nSPS) is 24.1. The first-order valence-corrected chi connectivity index (χ1v) is 2.68. The van der Waals surface area contributed by atoms with Gasteiger partial charge in [0.25, 0.3) is 0 Å². The number of rotatable bonds is 0. The Labute approximate surface area is 65.1 Å². The predicted molar refractivity (Wildman–Crippen MR) is 35.6 cm³/mol. The van der Waals surface area contributed by atoms with Crippen LogP contribution < -0.4 is 0 Å². The number of aryl methyl sites for hydroxylation is 2. The molecule has 0 radical (unpaired) electrons. The molecule has 0 aromatic carbocycles. The summed E-state index contributed by atoms with van der Waals surface area (Å²) in [6.07, 6.45) is 1.13. The summed E-state index contributed by atoms with van der Waals surface area (Å²) in [7, 11) is 0. The third-order valence-corrected chi connectivity index (χ3v) is 1.25. The Morgan fingerprint density at radius 3 is 3.25 bits per heavy atom. The molecule has 0 fully saturated rings. The summed E-state index contributed by atoms with van der Waals surface area (Å²) in [5, 5.41) is 3.50. The standard InChI is InChI=1S/C5H7BrN2/c1-4-5(6)3-8(2)7-4/h3H,1-2H3/i1D3,2D3. The van der Waals surface area contributed by atoms with E-state index < -0.39 is 13.8 Å². The third kappa shape index (κ3) is 0.916. The van der Waals surface area contributed by atoms with Gasteiger partial charge in [0.15, 0.2) is 0 Å². The van der Waals surface area contributed by atoms with Crippen molar-refractivity contribution >= 4 is 15.9 Å². The lowest BCUT2D eigenvalue weighted by Crippen LogP contribution is -1.86. The molecule has 8 heavy (non-hydrogen) atoms. The van der Waals surface area contributed by atoms with E-state index >= 15 is 0 Å². The molecule has 1 rings (SSSR count). The van der Waals surface area contributed by atoms with Crippen LogP contribution in [0.15, 0.2) is 10.7 Å². The lowest BCUT2D eigenvalue weighted by atomic mass is 10.5. The molecule has 0 unspecified atom stereocenters. The van der Waals surface area contributed by atoms with Gasteiger partial charge in [-0.1, -0.05) is 0 Å². The number of halogens is 1. The van der Waals surface area contributed by atoms with Crippen LogP contribution in [0.3, 0.4) is 0 Å². The van der Waals surface area contributed by atoms with Crippen molar-refractivity contribution in [3.8, 4) is 0 Å². The quantitative estimate of drug-likeness (QED) is 0.592. The van der Waals surface area contributed by atoms with Crippen LogP contribution in [0.1, 0.15) is 13.9 Å². The van der Waals surface area contributed by atoms with E-state index in [2.05, 4.69) is 21.0 Å². The fraction of sp³-hybridized carbons (Fsp3) is 0.400. The summed E-state index contributed by atoms with van der Waals surface area (Å²) in [5.41, 5.74) is -0.242. The molecule has 0 bridgehead atoms. The van der Waals surface area contributed by atoms with Gasteiger partial charge in [-0.3, -0.25) is 4.68 Å². The van der Waals surface area contributed by atoms with Crippen molar-refractivity contribution in [2.75, 3.05) is 0 Å². The molecule has 1 aromatic rings. The van der Waals surface area contributed by atoms with Crippen molar-refractivity contribution in [1.29, 1.82) is 0 Å². The maximum atomic E-state index is 7.08. The van der Waals surface area contributed by atoms with Crippen LogP contribution >= 0.6 is 15.9 Å². The van der Waals surface area contributed by atoms with Gasteiger partial charge in [-0.2, -0.15) is 5.10 Å². The second kappa shape index (κ2) is 1.90. The van der Waals surface area contributed by atoms with Crippen LogP contribution in [-0.2, 0) is 6.98 Å². The Balaban J connectivity index is 3.19. The Morgan fingerprint density at radius 1 is 2.00 bits per heavy atom. The smallest absolute Gasteiger partial charge is 0.0735 e. The lowest BCUT2D eigenvalue weighted by molar-refractivity contribution is 0.756. The maximum absolute atomic E-state index is 7.08. The highest BCUT2D eigenvalue weighted by atomic mass is 79.9. The molecular weight excluding hydrogens is 168 g/mol. The Hall–Kier alpha value is -0.310. The molecule has 3 heteroatoms. The summed E-state index contributed by atoms with van der Waals surface area (Å²) in [6.45, 7) is -4.86. The SMILES string of the molecule is [2H]C([2H])([2H])c1nn(C([2H])([2H])[2H])cc1Br. The monoisotopic (exact) mass is 180 g/mol. The van der Waals surface area contributed by atoms with Crippen molar-refractivity contribution < 1.29 is 8.22 Å². The van der Waals surface area contributed by atoms with E-state index in [4.69, 9.17) is 8.22 Å². The Bertz CT molecular complexity index is 337. The van der Waals surface area contributed by atoms with E-state index in [1.165, 1.54) is 0 Å². The van der Waals surface area contributed by atoms with Gasteiger partial charge in [0.1, 0.15) is 0 Å². The fourth-order valence-corrected chi connectivity index (χ4v) is 0.626. The second-order valence-electron chi connectivity index (χ2n) is 1.27. The summed E-state index contributed by atoms with van der Waals surface area (Å²) in [4.78, 5) is 0. The number of nitrogens with zero attached hydrogens (tertiary/aromatic N) is 2. The van der Waals surface area contributed by atoms with Gasteiger partial charge in [-0.15, -0.1) is 0 Å². The number of hydrogen-bond donors (Lipinski definition) is 0. The zero-order chi connectivity index (χ0) is 11.1. The van der Waals surface area contributed by atoms with E-state index in [9.17, 15) is 0 Å². The third-order valence-electron chi connectivity index (χ3n) is 0.670. The van der Waals surface area contributed by atoms with E-state index in [-0.39, 0.29) is 10.2 Å². The van der Waals surface area contributed by atoms with Gasteiger partial charge in [-0.25, -0.2) is 0 Å². The lowest BCUT2D eigenvalue weighted by Gasteiger charge is -1.79. The van der Waals surface area contributed by atoms with Gasteiger partial charge in [-0.05, 0) is 22.8 Å². The largest absolute Gasteiger partial charge is 0.274 e. The van der Waals surface area contributed by atoms with Crippen molar-refractivity contribution in [2.45, 2.75) is 6.85 Å². The van der Waals surface area contributed by atoms with Gasteiger partial charge in [0.05, 0.1) is 10.2 Å². The fourth-order valence-electron chi connectivity index (χ4n) is 0.353. The summed E-state index contributed by atoms with van der Waals surface area (Å²) >= 11 is 2.95. The Kier molecular flexibility index (Phi) is 0.435. The molecule has 1 aromatic heterocycles. The van der Waals surface area contributed by atoms with E-state index in [0.717, 1.165) is 6.20 Å². The van der Waals surface area contributed by atoms with E-state index in [1.807, 2.05) is 0 Å². The minimum Gasteiger partial charge on any atom is -0.274 e. The van der Waals surface area contributed by atoms with Crippen molar-refractivity contribution in [3.05, 3.63) is 16.4 Å². The topological polar surface area (TPSA) is 17.8 Å². The molecule has 0 aliphatic carbocycles. The molecule has 44 valence electrons.